The zero-order valence-corrected chi connectivity index (χ0v) is 9.43. The van der Waals surface area contributed by atoms with Crippen molar-refractivity contribution in [3.63, 3.8) is 0 Å². The van der Waals surface area contributed by atoms with Crippen LogP contribution >= 0.6 is 0 Å². The standard InChI is InChI=1S/C13H10FN3O/c14-12-5-9(7-15)1-2-13(12)18-8-11-6-10(16)3-4-17-11/h1-6H,8H2,(H2,16,17). The van der Waals surface area contributed by atoms with Gasteiger partial charge in [0.1, 0.15) is 6.61 Å². The van der Waals surface area contributed by atoms with Crippen LogP contribution in [-0.4, -0.2) is 4.98 Å². The van der Waals surface area contributed by atoms with Gasteiger partial charge in [-0.1, -0.05) is 0 Å². The Morgan fingerprint density at radius 3 is 2.83 bits per heavy atom. The molecule has 0 saturated carbocycles. The second-order valence-electron chi connectivity index (χ2n) is 3.63. The maximum absolute atomic E-state index is 13.5. The Morgan fingerprint density at radius 1 is 1.33 bits per heavy atom. The number of aromatic nitrogens is 1. The van der Waals surface area contributed by atoms with Crippen molar-refractivity contribution in [1.82, 2.24) is 4.98 Å². The second kappa shape index (κ2) is 5.15. The van der Waals surface area contributed by atoms with Gasteiger partial charge in [-0.15, -0.1) is 0 Å². The van der Waals surface area contributed by atoms with Crippen molar-refractivity contribution in [3.05, 3.63) is 53.6 Å². The molecule has 90 valence electrons. The molecule has 0 fully saturated rings. The molecule has 1 aromatic heterocycles. The molecule has 0 aliphatic heterocycles. The van der Waals surface area contributed by atoms with E-state index in [4.69, 9.17) is 15.7 Å². The highest BCUT2D eigenvalue weighted by atomic mass is 19.1. The van der Waals surface area contributed by atoms with E-state index >= 15 is 0 Å². The molecular formula is C13H10FN3O. The number of nitrogens with two attached hydrogens (primary N) is 1. The number of ether oxygens (including phenoxy) is 1. The molecule has 2 N–H and O–H groups in total. The molecule has 2 aromatic rings. The smallest absolute Gasteiger partial charge is 0.166 e. The predicted octanol–water partition coefficient (Wildman–Crippen LogP) is 2.25. The number of hydrogen-bond donors (Lipinski definition) is 1. The molecule has 0 aliphatic carbocycles. The highest BCUT2D eigenvalue weighted by Gasteiger charge is 2.05. The lowest BCUT2D eigenvalue weighted by Crippen LogP contribution is -2.00. The van der Waals surface area contributed by atoms with E-state index < -0.39 is 5.82 Å². The van der Waals surface area contributed by atoms with Gasteiger partial charge in [0.15, 0.2) is 11.6 Å². The zero-order valence-electron chi connectivity index (χ0n) is 9.43. The van der Waals surface area contributed by atoms with Gasteiger partial charge < -0.3 is 10.5 Å². The van der Waals surface area contributed by atoms with Crippen molar-refractivity contribution in [2.24, 2.45) is 0 Å². The van der Waals surface area contributed by atoms with E-state index in [2.05, 4.69) is 4.98 Å². The van der Waals surface area contributed by atoms with Crippen molar-refractivity contribution in [2.75, 3.05) is 5.73 Å². The molecular weight excluding hydrogens is 233 g/mol. The number of hydrogen-bond acceptors (Lipinski definition) is 4. The number of anilines is 1. The average Bonchev–Trinajstić information content (AvgIpc) is 2.37. The molecule has 2 rings (SSSR count). The Morgan fingerprint density at radius 2 is 2.17 bits per heavy atom. The Balaban J connectivity index is 2.09. The van der Waals surface area contributed by atoms with Crippen molar-refractivity contribution >= 4 is 5.69 Å². The van der Waals surface area contributed by atoms with Gasteiger partial charge in [-0.25, -0.2) is 4.39 Å². The van der Waals surface area contributed by atoms with E-state index in [-0.39, 0.29) is 17.9 Å². The minimum absolute atomic E-state index is 0.0817. The highest BCUT2D eigenvalue weighted by molar-refractivity contribution is 5.38. The van der Waals surface area contributed by atoms with Crippen LogP contribution in [0.2, 0.25) is 0 Å². The van der Waals surface area contributed by atoms with Crippen molar-refractivity contribution in [1.29, 1.82) is 5.26 Å². The van der Waals surface area contributed by atoms with E-state index in [1.165, 1.54) is 12.1 Å². The van der Waals surface area contributed by atoms with Crippen LogP contribution in [0, 0.1) is 17.1 Å². The van der Waals surface area contributed by atoms with Crippen LogP contribution in [0.5, 0.6) is 5.75 Å². The topological polar surface area (TPSA) is 71.9 Å². The normalized spacial score (nSPS) is 9.78. The summed E-state index contributed by atoms with van der Waals surface area (Å²) in [4.78, 5) is 4.04. The van der Waals surface area contributed by atoms with Crippen LogP contribution in [0.25, 0.3) is 0 Å². The Labute approximate surface area is 103 Å². The fourth-order valence-corrected chi connectivity index (χ4v) is 1.41. The highest BCUT2D eigenvalue weighted by Crippen LogP contribution is 2.19. The van der Waals surface area contributed by atoms with Gasteiger partial charge in [-0.2, -0.15) is 5.26 Å². The first-order valence-electron chi connectivity index (χ1n) is 5.22. The van der Waals surface area contributed by atoms with Gasteiger partial charge in [-0.3, -0.25) is 4.98 Å². The summed E-state index contributed by atoms with van der Waals surface area (Å²) < 4.78 is 18.8. The Hall–Kier alpha value is -2.61. The Kier molecular flexibility index (Phi) is 3.39. The third-order valence-corrected chi connectivity index (χ3v) is 2.28. The van der Waals surface area contributed by atoms with Gasteiger partial charge >= 0.3 is 0 Å². The van der Waals surface area contributed by atoms with Crippen molar-refractivity contribution < 1.29 is 9.13 Å². The first kappa shape index (κ1) is 11.9. The third-order valence-electron chi connectivity index (χ3n) is 2.28. The van der Waals surface area contributed by atoms with Gasteiger partial charge in [0, 0.05) is 11.9 Å². The third kappa shape index (κ3) is 2.74. The summed E-state index contributed by atoms with van der Waals surface area (Å²) in [5.74, 6) is -0.490. The molecule has 18 heavy (non-hydrogen) atoms. The van der Waals surface area contributed by atoms with Crippen LogP contribution in [0.1, 0.15) is 11.3 Å². The molecule has 0 saturated heterocycles. The van der Waals surface area contributed by atoms with E-state index in [0.717, 1.165) is 6.07 Å². The Bertz CT molecular complexity index is 607. The molecule has 1 heterocycles. The number of nitrogens with zero attached hydrogens (tertiary/aromatic N) is 2. The molecule has 0 amide bonds. The van der Waals surface area contributed by atoms with Crippen LogP contribution in [-0.2, 0) is 6.61 Å². The van der Waals surface area contributed by atoms with Crippen LogP contribution in [0.15, 0.2) is 36.5 Å². The summed E-state index contributed by atoms with van der Waals surface area (Å²) in [6.45, 7) is 0.119. The maximum Gasteiger partial charge on any atom is 0.166 e. The molecule has 0 bridgehead atoms. The van der Waals surface area contributed by atoms with E-state index in [1.54, 1.807) is 18.3 Å². The summed E-state index contributed by atoms with van der Waals surface area (Å²) in [5, 5.41) is 8.61. The molecule has 4 nitrogen and oxygen atoms in total. The lowest BCUT2D eigenvalue weighted by molar-refractivity contribution is 0.286. The SMILES string of the molecule is N#Cc1ccc(OCc2cc(N)ccn2)c(F)c1. The monoisotopic (exact) mass is 243 g/mol. The average molecular weight is 243 g/mol. The quantitative estimate of drug-likeness (QED) is 0.897. The predicted molar refractivity (Wildman–Crippen MR) is 64.1 cm³/mol. The van der Waals surface area contributed by atoms with E-state index in [1.807, 2.05) is 6.07 Å². The fraction of sp³-hybridized carbons (Fsp3) is 0.0769. The second-order valence-corrected chi connectivity index (χ2v) is 3.63. The molecule has 0 spiro atoms. The first-order chi connectivity index (χ1) is 8.69. The molecule has 0 atom stereocenters. The fourth-order valence-electron chi connectivity index (χ4n) is 1.41. The van der Waals surface area contributed by atoms with Crippen LogP contribution in [0.3, 0.4) is 0 Å². The van der Waals surface area contributed by atoms with Crippen LogP contribution in [0.4, 0.5) is 10.1 Å². The molecule has 1 aromatic carbocycles. The number of rotatable bonds is 3. The summed E-state index contributed by atoms with van der Waals surface area (Å²) in [6.07, 6.45) is 1.56. The first-order valence-corrected chi connectivity index (χ1v) is 5.22. The summed E-state index contributed by atoms with van der Waals surface area (Å²) in [6, 6.07) is 9.20. The number of halogens is 1. The summed E-state index contributed by atoms with van der Waals surface area (Å²) >= 11 is 0. The lowest BCUT2D eigenvalue weighted by Gasteiger charge is -2.07. The minimum Gasteiger partial charge on any atom is -0.484 e. The van der Waals surface area contributed by atoms with Gasteiger partial charge in [-0.05, 0) is 30.3 Å². The number of benzene rings is 1. The van der Waals surface area contributed by atoms with Gasteiger partial charge in [0.05, 0.1) is 17.3 Å². The number of nitriles is 1. The van der Waals surface area contributed by atoms with E-state index in [9.17, 15) is 4.39 Å². The van der Waals surface area contributed by atoms with Crippen molar-refractivity contribution in [2.45, 2.75) is 6.61 Å². The molecule has 0 radical (unpaired) electrons. The number of nitrogen functional groups attached to an aromatic ring is 1. The lowest BCUT2D eigenvalue weighted by atomic mass is 10.2. The van der Waals surface area contributed by atoms with Gasteiger partial charge in [0.2, 0.25) is 0 Å². The molecule has 0 aliphatic rings. The largest absolute Gasteiger partial charge is 0.484 e. The molecule has 0 unspecified atom stereocenters. The van der Waals surface area contributed by atoms with E-state index in [0.29, 0.717) is 11.4 Å². The number of pyridine rings is 1. The van der Waals surface area contributed by atoms with Crippen LogP contribution < -0.4 is 10.5 Å². The summed E-state index contributed by atoms with van der Waals surface area (Å²) in [5.41, 5.74) is 7.02. The minimum atomic E-state index is -0.571. The molecule has 5 heteroatoms. The zero-order chi connectivity index (χ0) is 13.0. The van der Waals surface area contributed by atoms with Gasteiger partial charge in [0.25, 0.3) is 0 Å². The maximum atomic E-state index is 13.5. The van der Waals surface area contributed by atoms with Crippen molar-refractivity contribution in [3.8, 4) is 11.8 Å². The summed E-state index contributed by atoms with van der Waals surface area (Å²) in [7, 11) is 0.